The number of rotatable bonds is 8. The lowest BCUT2D eigenvalue weighted by atomic mass is 10.0. The molecule has 176 valence electrons. The van der Waals surface area contributed by atoms with Crippen LogP contribution in [0.1, 0.15) is 63.1 Å². The quantitative estimate of drug-likeness (QED) is 0.643. The molecule has 8 heteroatoms. The van der Waals surface area contributed by atoms with Crippen LogP contribution >= 0.6 is 0 Å². The van der Waals surface area contributed by atoms with Gasteiger partial charge in [0.25, 0.3) is 11.8 Å². The Morgan fingerprint density at radius 1 is 0.970 bits per heavy atom. The van der Waals surface area contributed by atoms with Gasteiger partial charge in [0, 0.05) is 43.9 Å². The van der Waals surface area contributed by atoms with Crippen molar-refractivity contribution in [2.45, 2.75) is 63.1 Å². The standard InChI is InChI=1S/C25H31N3O4S/c1-16-13-20(14-23(17(16)2)33(31,32)27(3)4)25(30)28(22-11-12-22)15-18-5-7-19(8-6-18)24(29)26-21-9-10-21/h5-8,13-14,21-22H,9-12,15H2,1-4H3,(H,26,29). The highest BCUT2D eigenvalue weighted by Gasteiger charge is 2.34. The summed E-state index contributed by atoms with van der Waals surface area (Å²) >= 11 is 0. The Hall–Kier alpha value is -2.71. The molecule has 0 radical (unpaired) electrons. The van der Waals surface area contributed by atoms with Gasteiger partial charge in [0.15, 0.2) is 0 Å². The third-order valence-electron chi connectivity index (χ3n) is 6.36. The third kappa shape index (κ3) is 5.12. The Labute approximate surface area is 195 Å². The molecule has 2 aliphatic carbocycles. The van der Waals surface area contributed by atoms with E-state index in [2.05, 4.69) is 5.32 Å². The zero-order chi connectivity index (χ0) is 23.9. The van der Waals surface area contributed by atoms with Crippen molar-refractivity contribution in [3.8, 4) is 0 Å². The Morgan fingerprint density at radius 3 is 2.15 bits per heavy atom. The molecular formula is C25H31N3O4S. The fourth-order valence-electron chi connectivity index (χ4n) is 3.79. The van der Waals surface area contributed by atoms with Gasteiger partial charge in [-0.05, 0) is 80.5 Å². The summed E-state index contributed by atoms with van der Waals surface area (Å²) in [6.07, 6.45) is 3.94. The van der Waals surface area contributed by atoms with Crippen molar-refractivity contribution in [1.29, 1.82) is 0 Å². The molecule has 0 aliphatic heterocycles. The van der Waals surface area contributed by atoms with Gasteiger partial charge in [-0.3, -0.25) is 9.59 Å². The Balaban J connectivity index is 1.57. The number of aryl methyl sites for hydroxylation is 1. The zero-order valence-electron chi connectivity index (χ0n) is 19.6. The highest BCUT2D eigenvalue weighted by molar-refractivity contribution is 7.89. The second-order valence-corrected chi connectivity index (χ2v) is 11.4. The molecule has 0 saturated heterocycles. The molecule has 0 bridgehead atoms. The molecule has 2 aromatic rings. The molecule has 7 nitrogen and oxygen atoms in total. The second kappa shape index (κ2) is 8.91. The number of nitrogens with zero attached hydrogens (tertiary/aromatic N) is 2. The minimum atomic E-state index is -3.67. The SMILES string of the molecule is Cc1cc(C(=O)N(Cc2ccc(C(=O)NC3CC3)cc2)C2CC2)cc(S(=O)(=O)N(C)C)c1C. The Bertz CT molecular complexity index is 1180. The highest BCUT2D eigenvalue weighted by atomic mass is 32.2. The molecule has 33 heavy (non-hydrogen) atoms. The van der Waals surface area contributed by atoms with Crippen LogP contribution in [0.25, 0.3) is 0 Å². The predicted octanol–water partition coefficient (Wildman–Crippen LogP) is 3.25. The average molecular weight is 470 g/mol. The van der Waals surface area contributed by atoms with E-state index < -0.39 is 10.0 Å². The fraction of sp³-hybridized carbons (Fsp3) is 0.440. The Morgan fingerprint density at radius 2 is 1.61 bits per heavy atom. The lowest BCUT2D eigenvalue weighted by Gasteiger charge is -2.24. The van der Waals surface area contributed by atoms with Crippen molar-refractivity contribution in [3.05, 3.63) is 64.2 Å². The average Bonchev–Trinajstić information content (AvgIpc) is 3.68. The van der Waals surface area contributed by atoms with E-state index in [9.17, 15) is 18.0 Å². The molecule has 2 amide bonds. The van der Waals surface area contributed by atoms with Crippen molar-refractivity contribution in [1.82, 2.24) is 14.5 Å². The van der Waals surface area contributed by atoms with Crippen molar-refractivity contribution in [2.75, 3.05) is 14.1 Å². The molecule has 0 aromatic heterocycles. The van der Waals surface area contributed by atoms with E-state index in [0.29, 0.717) is 29.3 Å². The van der Waals surface area contributed by atoms with E-state index in [1.807, 2.05) is 24.0 Å². The van der Waals surface area contributed by atoms with Gasteiger partial charge >= 0.3 is 0 Å². The number of benzene rings is 2. The minimum Gasteiger partial charge on any atom is -0.349 e. The van der Waals surface area contributed by atoms with Crippen LogP contribution in [-0.2, 0) is 16.6 Å². The molecular weight excluding hydrogens is 438 g/mol. The lowest BCUT2D eigenvalue weighted by molar-refractivity contribution is 0.0729. The van der Waals surface area contributed by atoms with Crippen LogP contribution in [-0.4, -0.2) is 55.6 Å². The summed E-state index contributed by atoms with van der Waals surface area (Å²) in [6, 6.07) is 11.1. The number of carbonyl (C=O) groups excluding carboxylic acids is 2. The van der Waals surface area contributed by atoms with Crippen LogP contribution in [0.4, 0.5) is 0 Å². The maximum absolute atomic E-state index is 13.5. The zero-order valence-corrected chi connectivity index (χ0v) is 20.4. The van der Waals surface area contributed by atoms with Gasteiger partial charge < -0.3 is 10.2 Å². The van der Waals surface area contributed by atoms with Crippen LogP contribution < -0.4 is 5.32 Å². The van der Waals surface area contributed by atoms with Crippen LogP contribution in [0.3, 0.4) is 0 Å². The van der Waals surface area contributed by atoms with Crippen molar-refractivity contribution < 1.29 is 18.0 Å². The molecule has 1 N–H and O–H groups in total. The van der Waals surface area contributed by atoms with E-state index in [0.717, 1.165) is 36.8 Å². The summed E-state index contributed by atoms with van der Waals surface area (Å²) in [5.74, 6) is -0.240. The summed E-state index contributed by atoms with van der Waals surface area (Å²) in [5, 5.41) is 2.98. The molecule has 4 rings (SSSR count). The maximum atomic E-state index is 13.5. The molecule has 2 aliphatic rings. The molecule has 2 aromatic carbocycles. The number of sulfonamides is 1. The molecule has 0 atom stereocenters. The second-order valence-electron chi connectivity index (χ2n) is 9.31. The third-order valence-corrected chi connectivity index (χ3v) is 8.30. The van der Waals surface area contributed by atoms with Gasteiger partial charge in [-0.15, -0.1) is 0 Å². The van der Waals surface area contributed by atoms with Gasteiger partial charge in [0.2, 0.25) is 10.0 Å². The first-order valence-electron chi connectivity index (χ1n) is 11.3. The largest absolute Gasteiger partial charge is 0.349 e. The number of nitrogens with one attached hydrogen (secondary N) is 1. The van der Waals surface area contributed by atoms with Crippen LogP contribution in [0.5, 0.6) is 0 Å². The predicted molar refractivity (Wildman–Crippen MR) is 127 cm³/mol. The van der Waals surface area contributed by atoms with Crippen molar-refractivity contribution in [2.24, 2.45) is 0 Å². The first kappa shape index (κ1) is 23.4. The summed E-state index contributed by atoms with van der Waals surface area (Å²) in [5.41, 5.74) is 3.35. The minimum absolute atomic E-state index is 0.0658. The summed E-state index contributed by atoms with van der Waals surface area (Å²) < 4.78 is 26.8. The van der Waals surface area contributed by atoms with Crippen LogP contribution in [0.15, 0.2) is 41.3 Å². The number of hydrogen-bond acceptors (Lipinski definition) is 4. The normalized spacial score (nSPS) is 16.0. The lowest BCUT2D eigenvalue weighted by Crippen LogP contribution is -2.33. The molecule has 0 spiro atoms. The van der Waals surface area contributed by atoms with Crippen molar-refractivity contribution >= 4 is 21.8 Å². The molecule has 2 saturated carbocycles. The summed E-state index contributed by atoms with van der Waals surface area (Å²) in [4.78, 5) is 27.7. The van der Waals surface area contributed by atoms with Gasteiger partial charge in [-0.1, -0.05) is 12.1 Å². The van der Waals surface area contributed by atoms with Gasteiger partial charge in [-0.25, -0.2) is 12.7 Å². The number of carbonyl (C=O) groups is 2. The number of hydrogen-bond donors (Lipinski definition) is 1. The van der Waals surface area contributed by atoms with E-state index in [4.69, 9.17) is 0 Å². The first-order chi connectivity index (χ1) is 15.6. The van der Waals surface area contributed by atoms with Crippen LogP contribution in [0, 0.1) is 13.8 Å². The topological polar surface area (TPSA) is 86.8 Å². The monoisotopic (exact) mass is 469 g/mol. The molecule has 0 heterocycles. The Kier molecular flexibility index (Phi) is 6.33. The maximum Gasteiger partial charge on any atom is 0.254 e. The smallest absolute Gasteiger partial charge is 0.254 e. The van der Waals surface area contributed by atoms with E-state index >= 15 is 0 Å². The van der Waals surface area contributed by atoms with Gasteiger partial charge in [-0.2, -0.15) is 0 Å². The van der Waals surface area contributed by atoms with Gasteiger partial charge in [0.05, 0.1) is 4.90 Å². The van der Waals surface area contributed by atoms with E-state index in [1.165, 1.54) is 24.5 Å². The van der Waals surface area contributed by atoms with Gasteiger partial charge in [0.1, 0.15) is 0 Å². The fourth-order valence-corrected chi connectivity index (χ4v) is 5.01. The van der Waals surface area contributed by atoms with Crippen LogP contribution in [0.2, 0.25) is 0 Å². The summed E-state index contributed by atoms with van der Waals surface area (Å²) in [6.45, 7) is 4.00. The number of amides is 2. The van der Waals surface area contributed by atoms with Crippen molar-refractivity contribution in [3.63, 3.8) is 0 Å². The highest BCUT2D eigenvalue weighted by Crippen LogP contribution is 2.31. The molecule has 2 fully saturated rings. The van der Waals surface area contributed by atoms with E-state index in [-0.39, 0.29) is 22.8 Å². The molecule has 0 unspecified atom stereocenters. The van der Waals surface area contributed by atoms with E-state index in [1.54, 1.807) is 25.1 Å². The summed E-state index contributed by atoms with van der Waals surface area (Å²) in [7, 11) is -0.688. The first-order valence-corrected chi connectivity index (χ1v) is 12.8.